The van der Waals surface area contributed by atoms with Gasteiger partial charge < -0.3 is 5.32 Å². The first kappa shape index (κ1) is 20.3. The van der Waals surface area contributed by atoms with Crippen LogP contribution >= 0.6 is 12.2 Å². The van der Waals surface area contributed by atoms with Gasteiger partial charge in [0.25, 0.3) is 10.0 Å². The van der Waals surface area contributed by atoms with Gasteiger partial charge >= 0.3 is 6.03 Å². The van der Waals surface area contributed by atoms with Crippen LogP contribution in [0.5, 0.6) is 0 Å². The summed E-state index contributed by atoms with van der Waals surface area (Å²) in [5.74, 6) is 0. The van der Waals surface area contributed by atoms with E-state index >= 15 is 0 Å². The summed E-state index contributed by atoms with van der Waals surface area (Å²) >= 11 is 5.35. The fourth-order valence-electron chi connectivity index (χ4n) is 3.24. The minimum atomic E-state index is -3.80. The van der Waals surface area contributed by atoms with E-state index in [1.807, 2.05) is 49.4 Å². The molecule has 0 saturated carbocycles. The number of rotatable bonds is 4. The first-order valence-electron chi connectivity index (χ1n) is 9.32. The highest BCUT2D eigenvalue weighted by Crippen LogP contribution is 2.24. The van der Waals surface area contributed by atoms with Crippen molar-refractivity contribution in [2.75, 3.05) is 18.4 Å². The number of nitrogens with one attached hydrogen (secondary N) is 2. The summed E-state index contributed by atoms with van der Waals surface area (Å²) in [6, 6.07) is 19.5. The topological polar surface area (TPSA) is 81.8 Å². The third kappa shape index (κ3) is 4.00. The highest BCUT2D eigenvalue weighted by atomic mass is 32.2. The number of urea groups is 1. The van der Waals surface area contributed by atoms with E-state index in [0.717, 1.165) is 16.3 Å². The number of anilines is 1. The third-order valence-electron chi connectivity index (χ3n) is 4.85. The minimum Gasteiger partial charge on any atom is -0.307 e. The molecule has 0 aliphatic carbocycles. The van der Waals surface area contributed by atoms with Gasteiger partial charge in [-0.3, -0.25) is 9.91 Å². The number of nitrogens with zero attached hydrogens (tertiary/aromatic N) is 2. The molecule has 0 atom stereocenters. The number of hydrazine groups is 1. The zero-order valence-corrected chi connectivity index (χ0v) is 17.8. The lowest BCUT2D eigenvalue weighted by molar-refractivity contribution is 0.237. The van der Waals surface area contributed by atoms with Crippen LogP contribution in [0.15, 0.2) is 71.6 Å². The molecule has 1 saturated heterocycles. The van der Waals surface area contributed by atoms with Gasteiger partial charge in [-0.1, -0.05) is 54.1 Å². The number of amides is 2. The molecule has 1 aliphatic heterocycles. The summed E-state index contributed by atoms with van der Waals surface area (Å²) < 4.78 is 25.3. The Hall–Kier alpha value is -3.01. The number of carbonyl (C=O) groups excluding carboxylic acids is 1. The highest BCUT2D eigenvalue weighted by molar-refractivity contribution is 7.89. The van der Waals surface area contributed by atoms with Crippen molar-refractivity contribution in [1.29, 1.82) is 0 Å². The summed E-state index contributed by atoms with van der Waals surface area (Å²) in [7, 11) is -3.80. The van der Waals surface area contributed by atoms with E-state index < -0.39 is 16.1 Å². The maximum atomic E-state index is 12.8. The molecule has 0 unspecified atom stereocenters. The number of benzene rings is 3. The Bertz CT molecular complexity index is 1220. The van der Waals surface area contributed by atoms with Gasteiger partial charge in [0.05, 0.1) is 17.1 Å². The summed E-state index contributed by atoms with van der Waals surface area (Å²) in [6.45, 7) is 2.41. The van der Waals surface area contributed by atoms with E-state index in [1.165, 1.54) is 22.0 Å². The zero-order valence-electron chi connectivity index (χ0n) is 16.2. The van der Waals surface area contributed by atoms with Gasteiger partial charge in [0.15, 0.2) is 5.11 Å². The summed E-state index contributed by atoms with van der Waals surface area (Å²) in [5.41, 5.74) is 1.63. The van der Waals surface area contributed by atoms with Gasteiger partial charge in [-0.15, -0.1) is 4.83 Å². The Kier molecular flexibility index (Phi) is 5.42. The largest absolute Gasteiger partial charge is 0.328 e. The van der Waals surface area contributed by atoms with Gasteiger partial charge in [-0.25, -0.2) is 13.2 Å². The smallest absolute Gasteiger partial charge is 0.307 e. The van der Waals surface area contributed by atoms with Gasteiger partial charge in [0.2, 0.25) is 0 Å². The highest BCUT2D eigenvalue weighted by Gasteiger charge is 2.33. The molecular formula is C21H20N4O3S2. The Balaban J connectivity index is 1.47. The Labute approximate surface area is 180 Å². The average Bonchev–Trinajstić information content (AvgIpc) is 3.08. The maximum absolute atomic E-state index is 12.8. The van der Waals surface area contributed by atoms with Crippen LogP contribution in [0, 0.1) is 6.92 Å². The zero-order chi connectivity index (χ0) is 21.3. The molecule has 1 heterocycles. The quantitative estimate of drug-likeness (QED) is 0.607. The molecule has 7 nitrogen and oxygen atoms in total. The molecule has 3 aromatic rings. The number of aryl methyl sites for hydroxylation is 1. The molecule has 4 rings (SSSR count). The van der Waals surface area contributed by atoms with E-state index in [-0.39, 0.29) is 23.1 Å². The molecule has 2 amide bonds. The van der Waals surface area contributed by atoms with Gasteiger partial charge in [0.1, 0.15) is 0 Å². The first-order chi connectivity index (χ1) is 14.3. The number of hydrogen-bond donors (Lipinski definition) is 2. The van der Waals surface area contributed by atoms with Gasteiger partial charge in [0, 0.05) is 11.9 Å². The summed E-state index contributed by atoms with van der Waals surface area (Å²) in [5, 5.41) is 6.19. The molecule has 0 radical (unpaired) electrons. The van der Waals surface area contributed by atoms with E-state index in [1.54, 1.807) is 12.1 Å². The molecule has 154 valence electrons. The fourth-order valence-corrected chi connectivity index (χ4v) is 4.68. The van der Waals surface area contributed by atoms with E-state index in [0.29, 0.717) is 5.69 Å². The number of carbonyl (C=O) groups is 1. The monoisotopic (exact) mass is 440 g/mol. The molecule has 9 heteroatoms. The van der Waals surface area contributed by atoms with Crippen molar-refractivity contribution in [2.24, 2.45) is 0 Å². The molecule has 3 aromatic carbocycles. The average molecular weight is 441 g/mol. The second-order valence-electron chi connectivity index (χ2n) is 6.95. The van der Waals surface area contributed by atoms with Crippen LogP contribution in [0.1, 0.15) is 5.56 Å². The Morgan fingerprint density at radius 3 is 2.43 bits per heavy atom. The first-order valence-corrected chi connectivity index (χ1v) is 11.2. The minimum absolute atomic E-state index is 0.100. The number of thiocarbonyl (C=S) groups is 1. The van der Waals surface area contributed by atoms with Crippen LogP contribution in [0.3, 0.4) is 0 Å². The Morgan fingerprint density at radius 2 is 1.67 bits per heavy atom. The van der Waals surface area contributed by atoms with Crippen LogP contribution < -0.4 is 10.1 Å². The SMILES string of the molecule is Cc1ccc(S(=O)(=O)NN2CCN(C(=O)Nc3cccc4ccccc34)C2=S)cc1. The van der Waals surface area contributed by atoms with Crippen molar-refractivity contribution in [3.8, 4) is 0 Å². The normalized spacial score (nSPS) is 14.4. The predicted octanol–water partition coefficient (Wildman–Crippen LogP) is 3.48. The molecular weight excluding hydrogens is 420 g/mol. The maximum Gasteiger partial charge on any atom is 0.328 e. The van der Waals surface area contributed by atoms with Crippen molar-refractivity contribution in [2.45, 2.75) is 11.8 Å². The number of hydrogen-bond acceptors (Lipinski definition) is 4. The summed E-state index contributed by atoms with van der Waals surface area (Å²) in [6.07, 6.45) is 0. The van der Waals surface area contributed by atoms with Crippen LogP contribution in [-0.4, -0.2) is 42.6 Å². The lowest BCUT2D eigenvalue weighted by Crippen LogP contribution is -2.46. The fraction of sp³-hybridized carbons (Fsp3) is 0.143. The van der Waals surface area contributed by atoms with Crippen LogP contribution in [0.2, 0.25) is 0 Å². The van der Waals surface area contributed by atoms with Gasteiger partial charge in [-0.2, -0.15) is 0 Å². The van der Waals surface area contributed by atoms with E-state index in [2.05, 4.69) is 10.1 Å². The molecule has 1 fully saturated rings. The summed E-state index contributed by atoms with van der Waals surface area (Å²) in [4.78, 5) is 16.7. The Morgan fingerprint density at radius 1 is 0.967 bits per heavy atom. The lowest BCUT2D eigenvalue weighted by atomic mass is 10.1. The van der Waals surface area contributed by atoms with E-state index in [4.69, 9.17) is 12.2 Å². The van der Waals surface area contributed by atoms with Gasteiger partial charge in [-0.05, 0) is 42.7 Å². The number of fused-ring (bicyclic) bond motifs is 1. The van der Waals surface area contributed by atoms with Crippen molar-refractivity contribution in [3.63, 3.8) is 0 Å². The predicted molar refractivity (Wildman–Crippen MR) is 120 cm³/mol. The van der Waals surface area contributed by atoms with Crippen molar-refractivity contribution in [3.05, 3.63) is 72.3 Å². The lowest BCUT2D eigenvalue weighted by Gasteiger charge is -2.21. The van der Waals surface area contributed by atoms with Crippen LogP contribution in [0.25, 0.3) is 10.8 Å². The van der Waals surface area contributed by atoms with E-state index in [9.17, 15) is 13.2 Å². The molecule has 0 spiro atoms. The standard InChI is InChI=1S/C21H20N4O3S2/c1-15-9-11-17(12-10-15)30(27,28)23-25-14-13-24(21(25)29)20(26)22-19-8-4-6-16-5-2-3-7-18(16)19/h2-12,23H,13-14H2,1H3,(H,22,26). The molecule has 1 aliphatic rings. The van der Waals surface area contributed by atoms with Crippen molar-refractivity contribution in [1.82, 2.24) is 14.7 Å². The molecule has 0 aromatic heterocycles. The molecule has 0 bridgehead atoms. The number of sulfonamides is 1. The van der Waals surface area contributed by atoms with Crippen LogP contribution in [0.4, 0.5) is 10.5 Å². The third-order valence-corrected chi connectivity index (χ3v) is 6.64. The second-order valence-corrected chi connectivity index (χ2v) is 8.98. The van der Waals surface area contributed by atoms with Crippen molar-refractivity contribution < 1.29 is 13.2 Å². The molecule has 2 N–H and O–H groups in total. The second kappa shape index (κ2) is 8.02. The van der Waals surface area contributed by atoms with Crippen LogP contribution in [-0.2, 0) is 10.0 Å². The van der Waals surface area contributed by atoms with Crippen molar-refractivity contribution >= 4 is 49.8 Å². The molecule has 30 heavy (non-hydrogen) atoms.